The van der Waals surface area contributed by atoms with E-state index in [0.717, 1.165) is 26.1 Å². The molecule has 0 saturated carbocycles. The Balaban J connectivity index is 2.16. The number of hydrogen-bond acceptors (Lipinski definition) is 3. The summed E-state index contributed by atoms with van der Waals surface area (Å²) in [6.07, 6.45) is 1.87. The fraction of sp³-hybridized carbons (Fsp3) is 0.429. The molecule has 92 valence electrons. The van der Waals surface area contributed by atoms with Crippen LogP contribution in [0.1, 0.15) is 42.5 Å². The fourth-order valence-corrected chi connectivity index (χ4v) is 2.11. The van der Waals surface area contributed by atoms with Gasteiger partial charge in [-0.2, -0.15) is 0 Å². The Morgan fingerprint density at radius 3 is 2.94 bits per heavy atom. The third-order valence-corrected chi connectivity index (χ3v) is 3.34. The predicted octanol–water partition coefficient (Wildman–Crippen LogP) is 2.58. The second-order valence-electron chi connectivity index (χ2n) is 4.55. The lowest BCUT2D eigenvalue weighted by atomic mass is 9.96. The number of hydrogen-bond donors (Lipinski definition) is 2. The highest BCUT2D eigenvalue weighted by molar-refractivity contribution is 5.35. The van der Waals surface area contributed by atoms with Crippen molar-refractivity contribution in [3.8, 4) is 0 Å². The monoisotopic (exact) mass is 232 g/mol. The lowest BCUT2D eigenvalue weighted by Crippen LogP contribution is -2.28. The fourth-order valence-electron chi connectivity index (χ4n) is 2.11. The standard InChI is InChI=1S/C14H20N2O/c1-3-10(2)6-14(16-15)11-4-5-12-8-17-9-13(12)7-11/h4-5,7,14,16H,2-3,6,8-9,15H2,1H3. The van der Waals surface area contributed by atoms with E-state index in [9.17, 15) is 0 Å². The molecule has 2 rings (SSSR count). The Morgan fingerprint density at radius 2 is 2.24 bits per heavy atom. The van der Waals surface area contributed by atoms with Crippen LogP contribution in [-0.4, -0.2) is 0 Å². The molecule has 1 atom stereocenters. The third-order valence-electron chi connectivity index (χ3n) is 3.34. The van der Waals surface area contributed by atoms with Gasteiger partial charge in [0.05, 0.1) is 13.2 Å². The second-order valence-corrected chi connectivity index (χ2v) is 4.55. The first-order valence-electron chi connectivity index (χ1n) is 6.06. The van der Waals surface area contributed by atoms with Crippen molar-refractivity contribution < 1.29 is 4.74 Å². The van der Waals surface area contributed by atoms with Gasteiger partial charge in [-0.3, -0.25) is 11.3 Å². The van der Waals surface area contributed by atoms with Gasteiger partial charge < -0.3 is 4.74 Å². The minimum Gasteiger partial charge on any atom is -0.372 e. The van der Waals surface area contributed by atoms with Crippen LogP contribution in [0.5, 0.6) is 0 Å². The summed E-state index contributed by atoms with van der Waals surface area (Å²) in [6, 6.07) is 6.60. The topological polar surface area (TPSA) is 47.3 Å². The first-order valence-corrected chi connectivity index (χ1v) is 6.06. The summed E-state index contributed by atoms with van der Waals surface area (Å²) in [7, 11) is 0. The minimum absolute atomic E-state index is 0.147. The van der Waals surface area contributed by atoms with Crippen LogP contribution in [0, 0.1) is 0 Å². The maximum atomic E-state index is 5.63. The molecule has 0 amide bonds. The predicted molar refractivity (Wildman–Crippen MR) is 69.0 cm³/mol. The summed E-state index contributed by atoms with van der Waals surface area (Å²) in [5, 5.41) is 0. The van der Waals surface area contributed by atoms with E-state index in [1.807, 2.05) is 0 Å². The van der Waals surface area contributed by atoms with Gasteiger partial charge in [0, 0.05) is 6.04 Å². The van der Waals surface area contributed by atoms with Gasteiger partial charge in [-0.25, -0.2) is 0 Å². The van der Waals surface area contributed by atoms with E-state index in [0.29, 0.717) is 0 Å². The van der Waals surface area contributed by atoms with Gasteiger partial charge in [0.1, 0.15) is 0 Å². The maximum Gasteiger partial charge on any atom is 0.0725 e. The van der Waals surface area contributed by atoms with E-state index >= 15 is 0 Å². The van der Waals surface area contributed by atoms with Crippen LogP contribution in [0.4, 0.5) is 0 Å². The zero-order valence-corrected chi connectivity index (χ0v) is 10.3. The average molecular weight is 232 g/mol. The van der Waals surface area contributed by atoms with Gasteiger partial charge in [0.2, 0.25) is 0 Å². The third kappa shape index (κ3) is 2.75. The van der Waals surface area contributed by atoms with Crippen molar-refractivity contribution in [3.63, 3.8) is 0 Å². The van der Waals surface area contributed by atoms with E-state index in [1.54, 1.807) is 0 Å². The van der Waals surface area contributed by atoms with Crippen molar-refractivity contribution in [3.05, 3.63) is 47.0 Å². The Hall–Kier alpha value is -1.16. The number of rotatable bonds is 5. The van der Waals surface area contributed by atoms with E-state index < -0.39 is 0 Å². The average Bonchev–Trinajstić information content (AvgIpc) is 2.82. The molecule has 0 spiro atoms. The summed E-state index contributed by atoms with van der Waals surface area (Å²) in [6.45, 7) is 7.61. The summed E-state index contributed by atoms with van der Waals surface area (Å²) in [4.78, 5) is 0. The first kappa shape index (κ1) is 12.3. The zero-order chi connectivity index (χ0) is 12.3. The van der Waals surface area contributed by atoms with E-state index in [4.69, 9.17) is 10.6 Å². The lowest BCUT2D eigenvalue weighted by molar-refractivity contribution is 0.134. The molecule has 1 aromatic rings. The number of nitrogens with one attached hydrogen (secondary N) is 1. The maximum absolute atomic E-state index is 5.63. The smallest absolute Gasteiger partial charge is 0.0725 e. The van der Waals surface area contributed by atoms with Crippen LogP contribution in [0.3, 0.4) is 0 Å². The molecule has 1 unspecified atom stereocenters. The number of fused-ring (bicyclic) bond motifs is 1. The number of nitrogens with two attached hydrogens (primary N) is 1. The lowest BCUT2D eigenvalue weighted by Gasteiger charge is -2.18. The van der Waals surface area contributed by atoms with Crippen LogP contribution in [0.15, 0.2) is 30.4 Å². The van der Waals surface area contributed by atoms with E-state index in [-0.39, 0.29) is 6.04 Å². The first-order chi connectivity index (χ1) is 8.24. The second kappa shape index (κ2) is 5.45. The molecule has 3 nitrogen and oxygen atoms in total. The quantitative estimate of drug-likeness (QED) is 0.466. The van der Waals surface area contributed by atoms with Gasteiger partial charge in [-0.1, -0.05) is 37.3 Å². The molecule has 0 bridgehead atoms. The van der Waals surface area contributed by atoms with E-state index in [2.05, 4.69) is 37.1 Å². The van der Waals surface area contributed by atoms with Crippen molar-refractivity contribution >= 4 is 0 Å². The molecule has 0 radical (unpaired) electrons. The molecule has 1 heterocycles. The number of benzene rings is 1. The Bertz CT molecular complexity index is 415. The Morgan fingerprint density at radius 1 is 1.47 bits per heavy atom. The van der Waals surface area contributed by atoms with Crippen molar-refractivity contribution in [1.29, 1.82) is 0 Å². The molecule has 0 saturated heterocycles. The molecule has 1 aliphatic rings. The normalized spacial score (nSPS) is 15.6. The molecular formula is C14H20N2O. The highest BCUT2D eigenvalue weighted by Crippen LogP contribution is 2.26. The van der Waals surface area contributed by atoms with Crippen molar-refractivity contribution in [1.82, 2.24) is 5.43 Å². The van der Waals surface area contributed by atoms with Crippen LogP contribution >= 0.6 is 0 Å². The molecule has 17 heavy (non-hydrogen) atoms. The van der Waals surface area contributed by atoms with Gasteiger partial charge in [-0.15, -0.1) is 0 Å². The highest BCUT2D eigenvalue weighted by Gasteiger charge is 2.15. The summed E-state index contributed by atoms with van der Waals surface area (Å²) >= 11 is 0. The van der Waals surface area contributed by atoms with Crippen molar-refractivity contribution in [2.75, 3.05) is 0 Å². The van der Waals surface area contributed by atoms with Crippen LogP contribution in [0.25, 0.3) is 0 Å². The van der Waals surface area contributed by atoms with Gasteiger partial charge >= 0.3 is 0 Å². The zero-order valence-electron chi connectivity index (χ0n) is 10.3. The van der Waals surface area contributed by atoms with E-state index in [1.165, 1.54) is 22.3 Å². The van der Waals surface area contributed by atoms with Crippen molar-refractivity contribution in [2.45, 2.75) is 39.0 Å². The molecule has 3 N–H and O–H groups in total. The molecule has 1 aliphatic heterocycles. The summed E-state index contributed by atoms with van der Waals surface area (Å²) in [5.41, 5.74) is 7.87. The van der Waals surface area contributed by atoms with Gasteiger partial charge in [-0.05, 0) is 29.5 Å². The molecular weight excluding hydrogens is 212 g/mol. The Kier molecular flexibility index (Phi) is 3.94. The number of ether oxygens (including phenoxy) is 1. The SMILES string of the molecule is C=C(CC)CC(NN)c1ccc2c(c1)COC2. The van der Waals surface area contributed by atoms with Crippen molar-refractivity contribution in [2.24, 2.45) is 5.84 Å². The molecule has 0 aliphatic carbocycles. The summed E-state index contributed by atoms with van der Waals surface area (Å²) in [5.74, 6) is 5.63. The van der Waals surface area contributed by atoms with Crippen LogP contribution in [-0.2, 0) is 18.0 Å². The van der Waals surface area contributed by atoms with Gasteiger partial charge in [0.25, 0.3) is 0 Å². The molecule has 0 fully saturated rings. The van der Waals surface area contributed by atoms with Crippen LogP contribution in [0.2, 0.25) is 0 Å². The highest BCUT2D eigenvalue weighted by atomic mass is 16.5. The molecule has 0 aromatic heterocycles. The number of hydrazine groups is 1. The van der Waals surface area contributed by atoms with Gasteiger partial charge in [0.15, 0.2) is 0 Å². The summed E-state index contributed by atoms with van der Waals surface area (Å²) < 4.78 is 5.42. The largest absolute Gasteiger partial charge is 0.372 e. The van der Waals surface area contributed by atoms with Crippen LogP contribution < -0.4 is 11.3 Å². The molecule has 1 aromatic carbocycles. The molecule has 3 heteroatoms. The Labute approximate surface area is 103 Å². The minimum atomic E-state index is 0.147.